The third-order valence-corrected chi connectivity index (χ3v) is 0. The van der Waals surface area contributed by atoms with Crippen molar-refractivity contribution >= 4 is 50.4 Å². The normalized spacial score (nSPS) is 6.11. The Bertz CT molecular complexity index is 226. The van der Waals surface area contributed by atoms with Gasteiger partial charge in [0, 0.05) is 0 Å². The van der Waals surface area contributed by atoms with E-state index in [1.165, 1.54) is 0 Å². The van der Waals surface area contributed by atoms with Crippen LogP contribution in [0.3, 0.4) is 0 Å². The van der Waals surface area contributed by atoms with E-state index >= 15 is 0 Å². The van der Waals surface area contributed by atoms with Crippen LogP contribution in [0.4, 0.5) is 0 Å². The molecule has 0 aliphatic heterocycles. The summed E-state index contributed by atoms with van der Waals surface area (Å²) in [4.78, 5) is 0. The van der Waals surface area contributed by atoms with Crippen LogP contribution in [0.15, 0.2) is 0 Å². The first-order valence-electron chi connectivity index (χ1n) is 1.40. The number of hydrogen-bond donors (Lipinski definition) is 4. The molecule has 10 nitrogen and oxygen atoms in total. The zero-order chi connectivity index (χ0) is 9.00. The van der Waals surface area contributed by atoms with Crippen molar-refractivity contribution in [2.24, 2.45) is 0 Å². The van der Waals surface area contributed by atoms with E-state index in [4.69, 9.17) is 35.0 Å². The topological polar surface area (TPSA) is 212 Å². The first-order valence-corrected chi connectivity index (χ1v) is 4.19. The average molecular weight is 352 g/mol. The Kier molecular flexibility index (Phi) is 174. The first kappa shape index (κ1) is 91.3. The summed E-state index contributed by atoms with van der Waals surface area (Å²) in [6, 6.07) is 0. The van der Waals surface area contributed by atoms with E-state index < -0.39 is 20.8 Å². The van der Waals surface area contributed by atoms with Crippen molar-refractivity contribution in [3.8, 4) is 0 Å². The van der Waals surface area contributed by atoms with E-state index in [0.717, 1.165) is 0 Å². The predicted octanol–water partition coefficient (Wildman–Crippen LogP) is 0.213. The van der Waals surface area contributed by atoms with Crippen LogP contribution >= 0.6 is 0 Å². The fraction of sp³-hybridized carbons (Fsp3) is 1.00. The molecule has 13 heteroatoms. The van der Waals surface area contributed by atoms with Gasteiger partial charge in [-0.15, -0.1) is 0 Å². The molecule has 0 heterocycles. The number of rotatable bonds is 0. The quantitative estimate of drug-likeness (QED) is 0.348. The van der Waals surface area contributed by atoms with E-state index in [9.17, 15) is 0 Å². The van der Waals surface area contributed by atoms with Gasteiger partial charge in [-0.3, -0.25) is 18.2 Å². The molecule has 0 saturated carbocycles. The maximum absolute atomic E-state index is 8.74. The summed E-state index contributed by atoms with van der Waals surface area (Å²) in [7, 11) is -9.33. The molecule has 0 unspecified atom stereocenters. The van der Waals surface area contributed by atoms with Crippen LogP contribution in [0.2, 0.25) is 0 Å². The molecule has 0 radical (unpaired) electrons. The van der Waals surface area contributed by atoms with E-state index in [1.54, 1.807) is 0 Å². The van der Waals surface area contributed by atoms with Gasteiger partial charge in [0.2, 0.25) is 0 Å². The van der Waals surface area contributed by atoms with Crippen LogP contribution in [0.25, 0.3) is 0 Å². The van der Waals surface area contributed by atoms with Crippen LogP contribution < -0.4 is 0 Å². The molecule has 0 fully saturated rings. The molecule has 0 saturated heterocycles. The summed E-state index contributed by atoms with van der Waals surface area (Å²) in [5.41, 5.74) is 0. The molecule has 0 aromatic carbocycles. The molecular formula is C6H33NaO10S2. The Labute approximate surface area is 140 Å². The molecule has 0 bridgehead atoms. The van der Waals surface area contributed by atoms with Gasteiger partial charge in [-0.25, -0.2) is 0 Å². The fourth-order valence-corrected chi connectivity index (χ4v) is 0. The zero-order valence-electron chi connectivity index (χ0n) is 5.24. The van der Waals surface area contributed by atoms with Gasteiger partial charge in [0.1, 0.15) is 0 Å². The number of hydrogen-bond acceptors (Lipinski definition) is 4. The van der Waals surface area contributed by atoms with Crippen LogP contribution in [-0.4, -0.2) is 75.6 Å². The van der Waals surface area contributed by atoms with Crippen LogP contribution in [-0.2, 0) is 20.8 Å². The molecule has 0 aromatic heterocycles. The molecule has 0 rings (SSSR count). The van der Waals surface area contributed by atoms with Crippen molar-refractivity contribution in [3.63, 3.8) is 0 Å². The predicted molar refractivity (Wildman–Crippen MR) is 83.1 cm³/mol. The second-order valence-corrected chi connectivity index (χ2v) is 2.69. The summed E-state index contributed by atoms with van der Waals surface area (Å²) in [5.74, 6) is 0. The maximum atomic E-state index is 8.74. The van der Waals surface area contributed by atoms with Crippen molar-refractivity contribution < 1.29 is 46.0 Å². The van der Waals surface area contributed by atoms with Gasteiger partial charge in [0.05, 0.1) is 0 Å². The van der Waals surface area contributed by atoms with Crippen LogP contribution in [0.5, 0.6) is 0 Å². The summed E-state index contributed by atoms with van der Waals surface area (Å²) in [6.07, 6.45) is 0. The molecule has 130 valence electrons. The Balaban J connectivity index is -0.00000000508. The summed E-state index contributed by atoms with van der Waals surface area (Å²) in [5, 5.41) is 0. The van der Waals surface area contributed by atoms with Gasteiger partial charge in [-0.2, -0.15) is 16.8 Å². The Morgan fingerprint density at radius 1 is 0.474 bits per heavy atom. The summed E-state index contributed by atoms with van der Waals surface area (Å²) >= 11 is 0. The van der Waals surface area contributed by atoms with Crippen LogP contribution in [0.1, 0.15) is 44.6 Å². The second kappa shape index (κ2) is 36.3. The molecule has 0 aliphatic rings. The van der Waals surface area contributed by atoms with Crippen LogP contribution in [0, 0.1) is 0 Å². The summed E-state index contributed by atoms with van der Waals surface area (Å²) < 4.78 is 63.2. The van der Waals surface area contributed by atoms with E-state index in [-0.39, 0.29) is 85.1 Å². The molecule has 0 spiro atoms. The van der Waals surface area contributed by atoms with Gasteiger partial charge < -0.3 is 11.0 Å². The molecule has 8 N–H and O–H groups in total. The zero-order valence-corrected chi connectivity index (χ0v) is 6.87. The van der Waals surface area contributed by atoms with Gasteiger partial charge in [-0.1, -0.05) is 44.6 Å². The standard InChI is InChI=1S/6CH4.Na.2H2O4S.2H2O.H/c;;;;;;;2*1-5(2,3)4;;;/h6*1H4;;2*(H2,1,2,3,4);2*1H2;. The van der Waals surface area contributed by atoms with Gasteiger partial charge in [0.25, 0.3) is 0 Å². The monoisotopic (exact) mass is 352 g/mol. The summed E-state index contributed by atoms with van der Waals surface area (Å²) in [6.45, 7) is 0. The van der Waals surface area contributed by atoms with Crippen molar-refractivity contribution in [1.82, 2.24) is 0 Å². The van der Waals surface area contributed by atoms with Gasteiger partial charge >= 0.3 is 50.4 Å². The molecular weight excluding hydrogens is 319 g/mol. The average Bonchev–Trinajstić information content (AvgIpc) is 1.12. The SMILES string of the molecule is C.C.C.C.C.C.O.O.O=S(=O)(O)O.O=S(=O)(O)O.[NaH]. The Morgan fingerprint density at radius 2 is 0.474 bits per heavy atom. The van der Waals surface area contributed by atoms with E-state index in [2.05, 4.69) is 0 Å². The van der Waals surface area contributed by atoms with E-state index in [1.807, 2.05) is 0 Å². The molecule has 0 aromatic rings. The first-order chi connectivity index (χ1) is 4.00. The Hall–Kier alpha value is 0.660. The minimum atomic E-state index is -4.67. The third kappa shape index (κ3) is 11900. The minimum absolute atomic E-state index is 0. The molecule has 0 amide bonds. The van der Waals surface area contributed by atoms with Gasteiger partial charge in [0.15, 0.2) is 0 Å². The van der Waals surface area contributed by atoms with Crippen molar-refractivity contribution in [1.29, 1.82) is 0 Å². The van der Waals surface area contributed by atoms with E-state index in [0.29, 0.717) is 0 Å². The third-order valence-electron chi connectivity index (χ3n) is 0. The molecule has 19 heavy (non-hydrogen) atoms. The van der Waals surface area contributed by atoms with Crippen molar-refractivity contribution in [2.75, 3.05) is 0 Å². The molecule has 0 atom stereocenters. The van der Waals surface area contributed by atoms with Gasteiger partial charge in [-0.05, 0) is 0 Å². The van der Waals surface area contributed by atoms with Crippen molar-refractivity contribution in [2.45, 2.75) is 44.6 Å². The Morgan fingerprint density at radius 3 is 0.474 bits per heavy atom. The van der Waals surface area contributed by atoms with Crippen molar-refractivity contribution in [3.05, 3.63) is 0 Å². The molecule has 0 aliphatic carbocycles. The second-order valence-electron chi connectivity index (χ2n) is 0.896. The fourth-order valence-electron chi connectivity index (χ4n) is 0.